The molecule has 6 nitrogen and oxygen atoms in total. The Balaban J connectivity index is 1.81. The van der Waals surface area contributed by atoms with Crippen molar-refractivity contribution in [3.05, 3.63) is 47.8 Å². The van der Waals surface area contributed by atoms with Gasteiger partial charge < -0.3 is 15.1 Å². The lowest BCUT2D eigenvalue weighted by Crippen LogP contribution is -2.57. The van der Waals surface area contributed by atoms with Gasteiger partial charge in [0.2, 0.25) is 5.91 Å². The molecular weight excluding hydrogens is 422 g/mol. The summed E-state index contributed by atoms with van der Waals surface area (Å²) in [6.45, 7) is 8.41. The number of rotatable bonds is 6. The van der Waals surface area contributed by atoms with E-state index in [2.05, 4.69) is 18.5 Å². The first kappa shape index (κ1) is 23.1. The Kier molecular flexibility index (Phi) is 6.27. The third-order valence-corrected chi connectivity index (χ3v) is 9.15. The van der Waals surface area contributed by atoms with E-state index in [4.69, 9.17) is 4.98 Å². The molecule has 2 aliphatic rings. The zero-order valence-corrected chi connectivity index (χ0v) is 19.9. The summed E-state index contributed by atoms with van der Waals surface area (Å²) in [7, 11) is 1.80. The quantitative estimate of drug-likeness (QED) is 0.649. The number of likely N-dealkylation sites (N-methyl/N-ethyl adjacent to an activating group) is 1. The average Bonchev–Trinajstić information content (AvgIpc) is 3.22. The Morgan fingerprint density at radius 2 is 2.22 bits per heavy atom. The fourth-order valence-electron chi connectivity index (χ4n) is 5.88. The maximum Gasteiger partial charge on any atom is 0.223 e. The van der Waals surface area contributed by atoms with E-state index in [1.165, 1.54) is 0 Å². The van der Waals surface area contributed by atoms with Crippen LogP contribution in [0.4, 0.5) is 0 Å². The van der Waals surface area contributed by atoms with Crippen molar-refractivity contribution in [2.24, 2.45) is 16.7 Å². The zero-order chi connectivity index (χ0) is 23.1. The van der Waals surface area contributed by atoms with E-state index in [0.717, 1.165) is 34.0 Å². The first-order chi connectivity index (χ1) is 15.2. The van der Waals surface area contributed by atoms with Gasteiger partial charge in [0.25, 0.3) is 0 Å². The number of hydrogen-bond donors (Lipinski definition) is 2. The lowest BCUT2D eigenvalue weighted by Gasteiger charge is -2.58. The van der Waals surface area contributed by atoms with Crippen molar-refractivity contribution in [2.75, 3.05) is 20.2 Å². The van der Waals surface area contributed by atoms with Gasteiger partial charge in [0.05, 0.1) is 18.4 Å². The Bertz CT molecular complexity index is 994. The minimum atomic E-state index is -0.614. The molecule has 2 aromatic heterocycles. The summed E-state index contributed by atoms with van der Waals surface area (Å²) in [5.41, 5.74) is 1.12. The van der Waals surface area contributed by atoms with Crippen molar-refractivity contribution < 1.29 is 15.0 Å². The van der Waals surface area contributed by atoms with Gasteiger partial charge in [-0.1, -0.05) is 19.9 Å². The van der Waals surface area contributed by atoms with Gasteiger partial charge in [0, 0.05) is 54.2 Å². The molecule has 0 spiro atoms. The summed E-state index contributed by atoms with van der Waals surface area (Å²) in [6.07, 6.45) is 7.28. The number of thiazole rings is 1. The molecule has 2 heterocycles. The predicted molar refractivity (Wildman–Crippen MR) is 126 cm³/mol. The molecule has 2 aliphatic carbocycles. The molecule has 0 bridgehead atoms. The highest BCUT2D eigenvalue weighted by atomic mass is 32.1. The number of nitrogens with zero attached hydrogens (tertiary/aromatic N) is 3. The molecule has 0 radical (unpaired) electrons. The van der Waals surface area contributed by atoms with Crippen molar-refractivity contribution in [3.8, 4) is 10.6 Å². The summed E-state index contributed by atoms with van der Waals surface area (Å²) >= 11 is 1.65. The molecule has 2 aromatic rings. The van der Waals surface area contributed by atoms with Gasteiger partial charge in [-0.3, -0.25) is 9.78 Å². The first-order valence-electron chi connectivity index (χ1n) is 11.3. The van der Waals surface area contributed by atoms with Crippen LogP contribution in [0.5, 0.6) is 0 Å². The standard InChI is InChI=1S/C25H33N3O3S/c1-5-11-28(4)21(31)12-17-22-18(32-23(27-22)16-7-6-10-26-14-16)13-19-24(17,2)9-8-20(30)25(19,3)15-29/h5-7,10,14,17,19-20,29-30H,1,8-9,11-13,15H2,2-4H3/t17-,19+,20-,24+,25+/m1/s1. The number of fused-ring (bicyclic) bond motifs is 2. The van der Waals surface area contributed by atoms with E-state index in [9.17, 15) is 15.0 Å². The summed E-state index contributed by atoms with van der Waals surface area (Å²) in [6, 6.07) is 3.91. The van der Waals surface area contributed by atoms with Gasteiger partial charge in [-0.15, -0.1) is 17.9 Å². The highest BCUT2D eigenvalue weighted by molar-refractivity contribution is 7.15. The summed E-state index contributed by atoms with van der Waals surface area (Å²) < 4.78 is 0. The van der Waals surface area contributed by atoms with Crippen molar-refractivity contribution in [1.82, 2.24) is 14.9 Å². The van der Waals surface area contributed by atoms with Crippen LogP contribution in [-0.2, 0) is 11.2 Å². The molecule has 4 rings (SSSR count). The molecule has 1 saturated carbocycles. The summed E-state index contributed by atoms with van der Waals surface area (Å²) in [5, 5.41) is 22.1. The van der Waals surface area contributed by atoms with Gasteiger partial charge in [0.1, 0.15) is 5.01 Å². The van der Waals surface area contributed by atoms with E-state index in [0.29, 0.717) is 19.4 Å². The van der Waals surface area contributed by atoms with Crippen LogP contribution in [0.3, 0.4) is 0 Å². The van der Waals surface area contributed by atoms with Gasteiger partial charge in [-0.25, -0.2) is 4.98 Å². The van der Waals surface area contributed by atoms with Crippen LogP contribution in [0.1, 0.15) is 49.6 Å². The van der Waals surface area contributed by atoms with Gasteiger partial charge >= 0.3 is 0 Å². The molecule has 7 heteroatoms. The maximum atomic E-state index is 13.1. The number of carbonyl (C=O) groups is 1. The van der Waals surface area contributed by atoms with E-state index < -0.39 is 11.5 Å². The Morgan fingerprint density at radius 1 is 1.44 bits per heavy atom. The number of aliphatic hydroxyl groups excluding tert-OH is 2. The largest absolute Gasteiger partial charge is 0.396 e. The number of amides is 1. The normalized spacial score (nSPS) is 31.5. The average molecular weight is 456 g/mol. The Hall–Kier alpha value is -2.09. The zero-order valence-electron chi connectivity index (χ0n) is 19.1. The topological polar surface area (TPSA) is 86.6 Å². The molecule has 172 valence electrons. The Morgan fingerprint density at radius 3 is 2.88 bits per heavy atom. The molecule has 1 amide bonds. The lowest BCUT2D eigenvalue weighted by molar-refractivity contribution is -0.146. The number of hydrogen-bond acceptors (Lipinski definition) is 6. The second kappa shape index (κ2) is 8.69. The van der Waals surface area contributed by atoms with Crippen LogP contribution in [0.25, 0.3) is 10.6 Å². The second-order valence-electron chi connectivity index (χ2n) is 9.87. The highest BCUT2D eigenvalue weighted by Gasteiger charge is 2.59. The third-order valence-electron chi connectivity index (χ3n) is 8.01. The van der Waals surface area contributed by atoms with E-state index in [1.807, 2.05) is 25.3 Å². The number of aromatic nitrogens is 2. The van der Waals surface area contributed by atoms with E-state index >= 15 is 0 Å². The molecule has 2 N–H and O–H groups in total. The van der Waals surface area contributed by atoms with Crippen LogP contribution in [-0.4, -0.2) is 57.3 Å². The van der Waals surface area contributed by atoms with E-state index in [1.54, 1.807) is 35.6 Å². The molecule has 5 atom stereocenters. The van der Waals surface area contributed by atoms with Crippen LogP contribution < -0.4 is 0 Å². The van der Waals surface area contributed by atoms with Crippen molar-refractivity contribution >= 4 is 17.2 Å². The van der Waals surface area contributed by atoms with Crippen LogP contribution >= 0.6 is 11.3 Å². The maximum absolute atomic E-state index is 13.1. The van der Waals surface area contributed by atoms with Gasteiger partial charge in [-0.05, 0) is 42.7 Å². The number of aliphatic hydroxyl groups is 2. The molecule has 0 aliphatic heterocycles. The lowest BCUT2D eigenvalue weighted by atomic mass is 9.47. The molecular formula is C25H33N3O3S. The summed E-state index contributed by atoms with van der Waals surface area (Å²) in [5.74, 6) is 0.0486. The highest BCUT2D eigenvalue weighted by Crippen LogP contribution is 2.63. The van der Waals surface area contributed by atoms with Crippen LogP contribution in [0.15, 0.2) is 37.2 Å². The van der Waals surface area contributed by atoms with Gasteiger partial charge in [-0.2, -0.15) is 0 Å². The van der Waals surface area contributed by atoms with Crippen LogP contribution in [0.2, 0.25) is 0 Å². The van der Waals surface area contributed by atoms with Crippen LogP contribution in [0, 0.1) is 16.7 Å². The SMILES string of the molecule is C=CCN(C)C(=O)C[C@@H]1c2nc(-c3cccnc3)sc2C[C@@H]2[C@](C)(CO)[C@H](O)CC[C@]21C. The Labute approximate surface area is 194 Å². The third kappa shape index (κ3) is 3.70. The van der Waals surface area contributed by atoms with Crippen molar-refractivity contribution in [2.45, 2.75) is 51.6 Å². The first-order valence-corrected chi connectivity index (χ1v) is 12.1. The monoisotopic (exact) mass is 455 g/mol. The second-order valence-corrected chi connectivity index (χ2v) is 11.0. The van der Waals surface area contributed by atoms with Crippen molar-refractivity contribution in [3.63, 3.8) is 0 Å². The van der Waals surface area contributed by atoms with Gasteiger partial charge in [0.15, 0.2) is 0 Å². The molecule has 0 unspecified atom stereocenters. The number of pyridine rings is 1. The number of carbonyl (C=O) groups excluding carboxylic acids is 1. The fraction of sp³-hybridized carbons (Fsp3) is 0.560. The van der Waals surface area contributed by atoms with E-state index in [-0.39, 0.29) is 29.8 Å². The minimum absolute atomic E-state index is 0.0564. The smallest absolute Gasteiger partial charge is 0.223 e. The molecule has 1 fully saturated rings. The summed E-state index contributed by atoms with van der Waals surface area (Å²) in [4.78, 5) is 25.3. The molecule has 0 aromatic carbocycles. The molecule has 0 saturated heterocycles. The van der Waals surface area contributed by atoms with Crippen molar-refractivity contribution in [1.29, 1.82) is 0 Å². The molecule has 32 heavy (non-hydrogen) atoms. The predicted octanol–water partition coefficient (Wildman–Crippen LogP) is 3.66. The fourth-order valence-corrected chi connectivity index (χ4v) is 7.04. The minimum Gasteiger partial charge on any atom is -0.396 e.